The number of amides is 1. The van der Waals surface area contributed by atoms with Crippen molar-refractivity contribution in [2.75, 3.05) is 24.8 Å². The zero-order valence-electron chi connectivity index (χ0n) is 14.9. The van der Waals surface area contributed by atoms with Gasteiger partial charge in [-0.25, -0.2) is 0 Å². The van der Waals surface area contributed by atoms with Crippen molar-refractivity contribution in [2.24, 2.45) is 0 Å². The molecule has 2 aromatic carbocycles. The number of nitrogens with zero attached hydrogens (tertiary/aromatic N) is 5. The first kappa shape index (κ1) is 18.5. The zero-order chi connectivity index (χ0) is 19.2. The predicted molar refractivity (Wildman–Crippen MR) is 103 cm³/mol. The molecule has 1 aromatic heterocycles. The van der Waals surface area contributed by atoms with Gasteiger partial charge in [0.1, 0.15) is 12.1 Å². The van der Waals surface area contributed by atoms with Crippen molar-refractivity contribution in [1.29, 1.82) is 5.26 Å². The van der Waals surface area contributed by atoms with E-state index in [-0.39, 0.29) is 11.7 Å². The molecule has 0 spiro atoms. The van der Waals surface area contributed by atoms with E-state index in [1.807, 2.05) is 28.8 Å². The van der Waals surface area contributed by atoms with Crippen LogP contribution in [0.1, 0.15) is 5.56 Å². The van der Waals surface area contributed by atoms with Gasteiger partial charge in [-0.2, -0.15) is 5.26 Å². The Hall–Kier alpha value is -3.31. The first-order chi connectivity index (χ1) is 13.1. The minimum atomic E-state index is -0.0978. The van der Waals surface area contributed by atoms with Gasteiger partial charge in [0.25, 0.3) is 0 Å². The van der Waals surface area contributed by atoms with Crippen LogP contribution in [0.3, 0.4) is 0 Å². The fourth-order valence-corrected chi connectivity index (χ4v) is 3.24. The summed E-state index contributed by atoms with van der Waals surface area (Å²) in [6, 6.07) is 16.5. The first-order valence-electron chi connectivity index (χ1n) is 8.06. The molecule has 0 aliphatic rings. The molecule has 1 amide bonds. The number of methoxy groups -OCH3 is 1. The SMILES string of the molecule is COc1ccc(-n2cnnc2SCC(=O)N(C)c2cccc(C#N)c2)cc1. The lowest BCUT2D eigenvalue weighted by atomic mass is 10.2. The Morgan fingerprint density at radius 2 is 2.07 bits per heavy atom. The molecule has 27 heavy (non-hydrogen) atoms. The van der Waals surface area contributed by atoms with E-state index >= 15 is 0 Å². The molecule has 0 fully saturated rings. The summed E-state index contributed by atoms with van der Waals surface area (Å²) in [5, 5.41) is 17.7. The Bertz CT molecular complexity index is 978. The molecule has 0 saturated heterocycles. The largest absolute Gasteiger partial charge is 0.497 e. The van der Waals surface area contributed by atoms with Gasteiger partial charge in [0.15, 0.2) is 5.16 Å². The molecule has 0 saturated carbocycles. The summed E-state index contributed by atoms with van der Waals surface area (Å²) in [6.07, 6.45) is 1.61. The number of hydrogen-bond donors (Lipinski definition) is 0. The number of nitriles is 1. The average Bonchev–Trinajstić information content (AvgIpc) is 3.20. The number of rotatable bonds is 6. The van der Waals surface area contributed by atoms with Gasteiger partial charge in [-0.05, 0) is 42.5 Å². The Morgan fingerprint density at radius 3 is 2.78 bits per heavy atom. The molecule has 136 valence electrons. The van der Waals surface area contributed by atoms with Gasteiger partial charge in [-0.3, -0.25) is 9.36 Å². The fraction of sp³-hybridized carbons (Fsp3) is 0.158. The van der Waals surface area contributed by atoms with Crippen LogP contribution in [0.5, 0.6) is 5.75 Å². The quantitative estimate of drug-likeness (QED) is 0.612. The van der Waals surface area contributed by atoms with Gasteiger partial charge in [-0.1, -0.05) is 17.8 Å². The van der Waals surface area contributed by atoms with Crippen LogP contribution in [0.4, 0.5) is 5.69 Å². The third-order valence-electron chi connectivity index (χ3n) is 3.93. The van der Waals surface area contributed by atoms with Crippen LogP contribution in [-0.4, -0.2) is 40.6 Å². The smallest absolute Gasteiger partial charge is 0.237 e. The molecule has 0 radical (unpaired) electrons. The van der Waals surface area contributed by atoms with Crippen LogP contribution in [0.2, 0.25) is 0 Å². The van der Waals surface area contributed by atoms with Gasteiger partial charge in [-0.15, -0.1) is 10.2 Å². The Labute approximate surface area is 161 Å². The van der Waals surface area contributed by atoms with Crippen molar-refractivity contribution in [3.8, 4) is 17.5 Å². The topological polar surface area (TPSA) is 84.0 Å². The molecule has 7 nitrogen and oxygen atoms in total. The van der Waals surface area contributed by atoms with Gasteiger partial charge >= 0.3 is 0 Å². The summed E-state index contributed by atoms with van der Waals surface area (Å²) in [5.74, 6) is 0.860. The zero-order valence-corrected chi connectivity index (χ0v) is 15.7. The van der Waals surface area contributed by atoms with E-state index in [4.69, 9.17) is 10.00 Å². The Balaban J connectivity index is 1.69. The summed E-state index contributed by atoms with van der Waals surface area (Å²) in [4.78, 5) is 14.0. The number of benzene rings is 2. The molecule has 8 heteroatoms. The van der Waals surface area contributed by atoms with Crippen LogP contribution in [0.25, 0.3) is 5.69 Å². The second-order valence-electron chi connectivity index (χ2n) is 5.59. The molecule has 0 bridgehead atoms. The maximum absolute atomic E-state index is 12.5. The van der Waals surface area contributed by atoms with Gasteiger partial charge in [0.05, 0.1) is 24.5 Å². The molecule has 0 aliphatic carbocycles. The minimum Gasteiger partial charge on any atom is -0.497 e. The van der Waals surface area contributed by atoms with Crippen molar-refractivity contribution in [3.63, 3.8) is 0 Å². The normalized spacial score (nSPS) is 10.3. The molecule has 1 heterocycles. The predicted octanol–water partition coefficient (Wildman–Crippen LogP) is 2.90. The number of ether oxygens (including phenoxy) is 1. The highest BCUT2D eigenvalue weighted by Crippen LogP contribution is 2.23. The maximum atomic E-state index is 12.5. The summed E-state index contributed by atoms with van der Waals surface area (Å²) in [6.45, 7) is 0. The number of anilines is 1. The highest BCUT2D eigenvalue weighted by molar-refractivity contribution is 7.99. The number of carbonyl (C=O) groups excluding carboxylic acids is 1. The van der Waals surface area contributed by atoms with Crippen LogP contribution >= 0.6 is 11.8 Å². The third kappa shape index (κ3) is 4.27. The second-order valence-corrected chi connectivity index (χ2v) is 6.53. The second kappa shape index (κ2) is 8.38. The fourth-order valence-electron chi connectivity index (χ4n) is 2.39. The molecule has 0 N–H and O–H groups in total. The Morgan fingerprint density at radius 1 is 1.30 bits per heavy atom. The van der Waals surface area contributed by atoms with Crippen molar-refractivity contribution < 1.29 is 9.53 Å². The van der Waals surface area contributed by atoms with E-state index in [0.717, 1.165) is 11.4 Å². The summed E-state index contributed by atoms with van der Waals surface area (Å²) in [5.41, 5.74) is 2.07. The molecular weight excluding hydrogens is 362 g/mol. The monoisotopic (exact) mass is 379 g/mol. The number of carbonyl (C=O) groups is 1. The lowest BCUT2D eigenvalue weighted by molar-refractivity contribution is -0.115. The highest BCUT2D eigenvalue weighted by Gasteiger charge is 2.15. The first-order valence-corrected chi connectivity index (χ1v) is 9.05. The number of aromatic nitrogens is 3. The van der Waals surface area contributed by atoms with E-state index in [2.05, 4.69) is 16.3 Å². The molecule has 3 aromatic rings. The molecular formula is C19H17N5O2S. The van der Waals surface area contributed by atoms with Crippen molar-refractivity contribution >= 4 is 23.4 Å². The molecule has 0 atom stereocenters. The highest BCUT2D eigenvalue weighted by atomic mass is 32.2. The standard InChI is InChI=1S/C19H17N5O2S/c1-23(16-5-3-4-14(10-16)11-20)18(25)12-27-19-22-21-13-24(19)15-6-8-17(26-2)9-7-15/h3-10,13H,12H2,1-2H3. The summed E-state index contributed by atoms with van der Waals surface area (Å²) in [7, 11) is 3.30. The Kier molecular flexibility index (Phi) is 5.74. The van der Waals surface area contributed by atoms with Crippen molar-refractivity contribution in [2.45, 2.75) is 5.16 Å². The average molecular weight is 379 g/mol. The van der Waals surface area contributed by atoms with E-state index < -0.39 is 0 Å². The number of thioether (sulfide) groups is 1. The molecule has 3 rings (SSSR count). The lowest BCUT2D eigenvalue weighted by Gasteiger charge is -2.17. The molecule has 0 aliphatic heterocycles. The van der Waals surface area contributed by atoms with Crippen LogP contribution in [-0.2, 0) is 4.79 Å². The number of hydrogen-bond acceptors (Lipinski definition) is 6. The van der Waals surface area contributed by atoms with Crippen LogP contribution in [0.15, 0.2) is 60.0 Å². The lowest BCUT2D eigenvalue weighted by Crippen LogP contribution is -2.28. The van der Waals surface area contributed by atoms with E-state index in [0.29, 0.717) is 16.4 Å². The van der Waals surface area contributed by atoms with Crippen molar-refractivity contribution in [3.05, 3.63) is 60.4 Å². The van der Waals surface area contributed by atoms with E-state index in [9.17, 15) is 4.79 Å². The third-order valence-corrected chi connectivity index (χ3v) is 4.86. The van der Waals surface area contributed by atoms with Gasteiger partial charge in [0, 0.05) is 18.4 Å². The van der Waals surface area contributed by atoms with Gasteiger partial charge in [0.2, 0.25) is 5.91 Å². The van der Waals surface area contributed by atoms with E-state index in [1.165, 1.54) is 16.7 Å². The summed E-state index contributed by atoms with van der Waals surface area (Å²) < 4.78 is 6.98. The summed E-state index contributed by atoms with van der Waals surface area (Å²) >= 11 is 1.30. The van der Waals surface area contributed by atoms with E-state index in [1.54, 1.807) is 44.8 Å². The minimum absolute atomic E-state index is 0.0978. The van der Waals surface area contributed by atoms with Crippen molar-refractivity contribution in [1.82, 2.24) is 14.8 Å². The molecule has 0 unspecified atom stereocenters. The van der Waals surface area contributed by atoms with Gasteiger partial charge < -0.3 is 9.64 Å². The van der Waals surface area contributed by atoms with Crippen LogP contribution < -0.4 is 9.64 Å². The van der Waals surface area contributed by atoms with Crippen LogP contribution in [0, 0.1) is 11.3 Å². The maximum Gasteiger partial charge on any atom is 0.237 e.